The van der Waals surface area contributed by atoms with Gasteiger partial charge in [-0.25, -0.2) is 14.8 Å². The standard InChI is InChI=1S/C21H22ClN5O3S/c1-25-18-16(20(29)26(2)21(25)30)19(31-12-15(28)27-10-6-3-7-11-27)24-17(23-18)13-8-4-5-9-14(13)22/h4-5,8-9H,3,6-7,10-12H2,1-2H3. The van der Waals surface area contributed by atoms with Gasteiger partial charge in [0, 0.05) is 32.7 Å². The fraction of sp³-hybridized carbons (Fsp3) is 0.381. The van der Waals surface area contributed by atoms with Crippen molar-refractivity contribution in [3.63, 3.8) is 0 Å². The van der Waals surface area contributed by atoms with Crippen LogP contribution in [0.2, 0.25) is 5.02 Å². The summed E-state index contributed by atoms with van der Waals surface area (Å²) in [5, 5.41) is 1.04. The van der Waals surface area contributed by atoms with Gasteiger partial charge in [-0.3, -0.25) is 18.7 Å². The smallest absolute Gasteiger partial charge is 0.332 e. The fourth-order valence-corrected chi connectivity index (χ4v) is 4.80. The predicted molar refractivity (Wildman–Crippen MR) is 122 cm³/mol. The third-order valence-electron chi connectivity index (χ3n) is 5.42. The first-order valence-electron chi connectivity index (χ1n) is 10.0. The molecule has 4 rings (SSSR count). The molecule has 1 aliphatic rings. The van der Waals surface area contributed by atoms with Crippen molar-refractivity contribution in [3.8, 4) is 11.4 Å². The monoisotopic (exact) mass is 459 g/mol. The molecule has 0 saturated carbocycles. The van der Waals surface area contributed by atoms with Gasteiger partial charge < -0.3 is 4.90 Å². The lowest BCUT2D eigenvalue weighted by atomic mass is 10.1. The molecule has 0 bridgehead atoms. The summed E-state index contributed by atoms with van der Waals surface area (Å²) in [6, 6.07) is 7.10. The largest absolute Gasteiger partial charge is 0.342 e. The van der Waals surface area contributed by atoms with Crippen LogP contribution in [-0.2, 0) is 18.9 Å². The highest BCUT2D eigenvalue weighted by Gasteiger charge is 2.22. The summed E-state index contributed by atoms with van der Waals surface area (Å²) >= 11 is 7.53. The molecule has 0 N–H and O–H groups in total. The Labute approximate surface area is 187 Å². The molecule has 1 aromatic carbocycles. The Morgan fingerprint density at radius 3 is 2.48 bits per heavy atom. The summed E-state index contributed by atoms with van der Waals surface area (Å²) in [4.78, 5) is 49.0. The van der Waals surface area contributed by atoms with Crippen LogP contribution in [0.25, 0.3) is 22.4 Å². The second-order valence-electron chi connectivity index (χ2n) is 7.47. The van der Waals surface area contributed by atoms with Crippen LogP contribution >= 0.6 is 23.4 Å². The van der Waals surface area contributed by atoms with Crippen molar-refractivity contribution in [2.45, 2.75) is 24.3 Å². The maximum atomic E-state index is 12.9. The third kappa shape index (κ3) is 4.12. The topological polar surface area (TPSA) is 90.1 Å². The number of carbonyl (C=O) groups is 1. The normalized spacial score (nSPS) is 14.2. The molecule has 2 aromatic heterocycles. The summed E-state index contributed by atoms with van der Waals surface area (Å²) in [6.45, 7) is 1.51. The summed E-state index contributed by atoms with van der Waals surface area (Å²) < 4.78 is 2.34. The molecule has 31 heavy (non-hydrogen) atoms. The van der Waals surface area contributed by atoms with E-state index in [0.29, 0.717) is 21.4 Å². The number of hydrogen-bond donors (Lipinski definition) is 0. The van der Waals surface area contributed by atoms with Gasteiger partial charge in [0.2, 0.25) is 5.91 Å². The zero-order valence-corrected chi connectivity index (χ0v) is 18.9. The first-order chi connectivity index (χ1) is 14.9. The lowest BCUT2D eigenvalue weighted by Crippen LogP contribution is -2.38. The van der Waals surface area contributed by atoms with Crippen molar-refractivity contribution in [2.24, 2.45) is 14.1 Å². The Balaban J connectivity index is 1.83. The number of likely N-dealkylation sites (tertiary alicyclic amines) is 1. The number of carbonyl (C=O) groups excluding carboxylic acids is 1. The highest BCUT2D eigenvalue weighted by Crippen LogP contribution is 2.30. The molecule has 0 aliphatic carbocycles. The quantitative estimate of drug-likeness (QED) is 0.439. The number of thioether (sulfide) groups is 1. The zero-order chi connectivity index (χ0) is 22.1. The summed E-state index contributed by atoms with van der Waals surface area (Å²) in [5.74, 6) is 0.465. The van der Waals surface area contributed by atoms with E-state index in [1.807, 2.05) is 11.0 Å². The fourth-order valence-electron chi connectivity index (χ4n) is 3.66. The molecule has 1 aliphatic heterocycles. The van der Waals surface area contributed by atoms with Gasteiger partial charge in [0.1, 0.15) is 10.4 Å². The number of fused-ring (bicyclic) bond motifs is 1. The van der Waals surface area contributed by atoms with Gasteiger partial charge in [0.25, 0.3) is 5.56 Å². The van der Waals surface area contributed by atoms with Crippen molar-refractivity contribution < 1.29 is 4.79 Å². The molecule has 0 spiro atoms. The summed E-state index contributed by atoms with van der Waals surface area (Å²) in [7, 11) is 2.97. The third-order valence-corrected chi connectivity index (χ3v) is 6.71. The van der Waals surface area contributed by atoms with Crippen LogP contribution in [0.3, 0.4) is 0 Å². The number of rotatable bonds is 4. The number of benzene rings is 1. The molecule has 3 heterocycles. The lowest BCUT2D eigenvalue weighted by molar-refractivity contribution is -0.129. The van der Waals surface area contributed by atoms with Crippen LogP contribution in [0.1, 0.15) is 19.3 Å². The van der Waals surface area contributed by atoms with Crippen LogP contribution in [0.4, 0.5) is 0 Å². The van der Waals surface area contributed by atoms with Gasteiger partial charge in [0.05, 0.1) is 10.8 Å². The first kappa shape index (κ1) is 21.6. The van der Waals surface area contributed by atoms with E-state index < -0.39 is 11.2 Å². The number of piperidine rings is 1. The SMILES string of the molecule is Cn1c(=O)c2c(SCC(=O)N3CCCCC3)nc(-c3ccccc3Cl)nc2n(C)c1=O. The minimum Gasteiger partial charge on any atom is -0.342 e. The maximum Gasteiger partial charge on any atom is 0.332 e. The van der Waals surface area contributed by atoms with Gasteiger partial charge >= 0.3 is 5.69 Å². The van der Waals surface area contributed by atoms with Gasteiger partial charge in [-0.1, -0.05) is 35.5 Å². The highest BCUT2D eigenvalue weighted by molar-refractivity contribution is 8.00. The van der Waals surface area contributed by atoms with E-state index in [0.717, 1.165) is 36.9 Å². The van der Waals surface area contributed by atoms with Crippen molar-refractivity contribution in [1.82, 2.24) is 24.0 Å². The number of aromatic nitrogens is 4. The molecule has 1 amide bonds. The maximum absolute atomic E-state index is 12.9. The Bertz CT molecular complexity index is 1280. The number of halogens is 1. The minimum atomic E-state index is -0.489. The van der Waals surface area contributed by atoms with Crippen molar-refractivity contribution in [2.75, 3.05) is 18.8 Å². The van der Waals surface area contributed by atoms with Crippen LogP contribution in [0.15, 0.2) is 38.9 Å². The average Bonchev–Trinajstić information content (AvgIpc) is 2.80. The molecule has 10 heteroatoms. The number of hydrogen-bond acceptors (Lipinski definition) is 6. The van der Waals surface area contributed by atoms with E-state index in [4.69, 9.17) is 11.6 Å². The Morgan fingerprint density at radius 1 is 1.06 bits per heavy atom. The van der Waals surface area contributed by atoms with Crippen LogP contribution in [0, 0.1) is 0 Å². The van der Waals surface area contributed by atoms with E-state index in [2.05, 4.69) is 9.97 Å². The highest BCUT2D eigenvalue weighted by atomic mass is 35.5. The second kappa shape index (κ2) is 8.84. The van der Waals surface area contributed by atoms with Gasteiger partial charge in [-0.15, -0.1) is 0 Å². The van der Waals surface area contributed by atoms with Gasteiger partial charge in [0.15, 0.2) is 11.5 Å². The molecule has 1 saturated heterocycles. The van der Waals surface area contributed by atoms with E-state index in [-0.39, 0.29) is 22.7 Å². The molecular formula is C21H22ClN5O3S. The second-order valence-corrected chi connectivity index (χ2v) is 8.84. The van der Waals surface area contributed by atoms with Gasteiger partial charge in [-0.2, -0.15) is 0 Å². The Kier molecular flexibility index (Phi) is 6.15. The van der Waals surface area contributed by atoms with Crippen LogP contribution in [0.5, 0.6) is 0 Å². The summed E-state index contributed by atoms with van der Waals surface area (Å²) in [5.41, 5.74) is -0.173. The number of nitrogens with zero attached hydrogens (tertiary/aromatic N) is 5. The average molecular weight is 460 g/mol. The number of amides is 1. The summed E-state index contributed by atoms with van der Waals surface area (Å²) in [6.07, 6.45) is 3.15. The van der Waals surface area contributed by atoms with Crippen molar-refractivity contribution in [3.05, 3.63) is 50.1 Å². The van der Waals surface area contributed by atoms with Gasteiger partial charge in [-0.05, 0) is 31.4 Å². The molecule has 0 unspecified atom stereocenters. The molecule has 0 radical (unpaired) electrons. The van der Waals surface area contributed by atoms with Crippen LogP contribution in [-0.4, -0.2) is 48.8 Å². The van der Waals surface area contributed by atoms with E-state index in [9.17, 15) is 14.4 Å². The van der Waals surface area contributed by atoms with E-state index in [1.165, 1.54) is 23.4 Å². The Hall–Kier alpha value is -2.65. The van der Waals surface area contributed by atoms with E-state index in [1.54, 1.807) is 25.2 Å². The van der Waals surface area contributed by atoms with Crippen molar-refractivity contribution in [1.29, 1.82) is 0 Å². The zero-order valence-electron chi connectivity index (χ0n) is 17.3. The molecule has 8 nitrogen and oxygen atoms in total. The Morgan fingerprint density at radius 2 is 1.77 bits per heavy atom. The molecule has 0 atom stereocenters. The first-order valence-corrected chi connectivity index (χ1v) is 11.4. The molecule has 1 fully saturated rings. The lowest BCUT2D eigenvalue weighted by Gasteiger charge is -2.26. The number of aryl methyl sites for hydroxylation is 1. The van der Waals surface area contributed by atoms with Crippen LogP contribution < -0.4 is 11.2 Å². The van der Waals surface area contributed by atoms with E-state index >= 15 is 0 Å². The minimum absolute atomic E-state index is 0.0115. The predicted octanol–water partition coefficient (Wildman–Crippen LogP) is 2.45. The molecular weight excluding hydrogens is 438 g/mol. The molecule has 3 aromatic rings. The molecule has 162 valence electrons. The van der Waals surface area contributed by atoms with Crippen molar-refractivity contribution >= 4 is 40.3 Å².